The molecule has 2 atom stereocenters. The first-order valence-corrected chi connectivity index (χ1v) is 8.02. The Kier molecular flexibility index (Phi) is 4.43. The standard InChI is InChI=1S/C17H23FN2O3/c1-23-15-4-2-3-12(7-15)17(5-6-17)11-19-16(22)20-9-13(18)8-14(20)10-21/h2-4,7,13-14,21H,5-6,8-11H2,1H3,(H,19,22). The van der Waals surface area contributed by atoms with Gasteiger partial charge in [0.15, 0.2) is 0 Å². The van der Waals surface area contributed by atoms with E-state index >= 15 is 0 Å². The molecule has 1 saturated heterocycles. The number of aliphatic hydroxyl groups is 1. The zero-order valence-corrected chi connectivity index (χ0v) is 13.3. The fraction of sp³-hybridized carbons (Fsp3) is 0.588. The second kappa shape index (κ2) is 6.35. The van der Waals surface area contributed by atoms with Crippen LogP contribution in [0.2, 0.25) is 0 Å². The Hall–Kier alpha value is -1.82. The number of methoxy groups -OCH3 is 1. The molecule has 2 amide bonds. The van der Waals surface area contributed by atoms with Gasteiger partial charge < -0.3 is 20.1 Å². The van der Waals surface area contributed by atoms with Crippen molar-refractivity contribution in [3.05, 3.63) is 29.8 Å². The van der Waals surface area contributed by atoms with Crippen LogP contribution in [0.4, 0.5) is 9.18 Å². The molecule has 2 aliphatic rings. The van der Waals surface area contributed by atoms with Gasteiger partial charge in [-0.05, 0) is 30.5 Å². The van der Waals surface area contributed by atoms with Crippen LogP contribution in [0.1, 0.15) is 24.8 Å². The van der Waals surface area contributed by atoms with Gasteiger partial charge in [-0.3, -0.25) is 0 Å². The molecule has 0 radical (unpaired) electrons. The summed E-state index contributed by atoms with van der Waals surface area (Å²) in [5, 5.41) is 12.2. The number of carbonyl (C=O) groups is 1. The molecule has 0 spiro atoms. The van der Waals surface area contributed by atoms with Gasteiger partial charge in [-0.25, -0.2) is 9.18 Å². The molecule has 6 heteroatoms. The molecule has 5 nitrogen and oxygen atoms in total. The first-order valence-electron chi connectivity index (χ1n) is 8.02. The summed E-state index contributed by atoms with van der Waals surface area (Å²) >= 11 is 0. The first kappa shape index (κ1) is 16.1. The van der Waals surface area contributed by atoms with Crippen molar-refractivity contribution >= 4 is 6.03 Å². The molecular formula is C17H23FN2O3. The maximum absolute atomic E-state index is 13.5. The van der Waals surface area contributed by atoms with Crippen LogP contribution in [0, 0.1) is 0 Å². The lowest BCUT2D eigenvalue weighted by Gasteiger charge is -2.25. The Balaban J connectivity index is 1.62. The topological polar surface area (TPSA) is 61.8 Å². The van der Waals surface area contributed by atoms with Crippen molar-refractivity contribution in [1.82, 2.24) is 10.2 Å². The van der Waals surface area contributed by atoms with Crippen LogP contribution in [-0.4, -0.2) is 55.1 Å². The Labute approximate surface area is 135 Å². The molecule has 23 heavy (non-hydrogen) atoms. The number of aliphatic hydroxyl groups excluding tert-OH is 1. The van der Waals surface area contributed by atoms with E-state index < -0.39 is 12.2 Å². The van der Waals surface area contributed by atoms with E-state index in [4.69, 9.17) is 4.74 Å². The van der Waals surface area contributed by atoms with Crippen molar-refractivity contribution in [3.63, 3.8) is 0 Å². The van der Waals surface area contributed by atoms with Crippen molar-refractivity contribution in [1.29, 1.82) is 0 Å². The number of nitrogens with zero attached hydrogens (tertiary/aromatic N) is 1. The van der Waals surface area contributed by atoms with E-state index in [2.05, 4.69) is 5.32 Å². The number of ether oxygens (including phenoxy) is 1. The van der Waals surface area contributed by atoms with E-state index in [1.807, 2.05) is 24.3 Å². The van der Waals surface area contributed by atoms with Gasteiger partial charge in [-0.15, -0.1) is 0 Å². The number of carbonyl (C=O) groups excluding carboxylic acids is 1. The van der Waals surface area contributed by atoms with Crippen molar-refractivity contribution in [2.24, 2.45) is 0 Å². The van der Waals surface area contributed by atoms with E-state index in [-0.39, 0.29) is 31.0 Å². The van der Waals surface area contributed by atoms with Crippen LogP contribution in [0.15, 0.2) is 24.3 Å². The summed E-state index contributed by atoms with van der Waals surface area (Å²) in [7, 11) is 1.64. The number of nitrogens with one attached hydrogen (secondary N) is 1. The summed E-state index contributed by atoms with van der Waals surface area (Å²) in [6, 6.07) is 7.19. The second-order valence-electron chi connectivity index (χ2n) is 6.49. The molecule has 1 saturated carbocycles. The minimum absolute atomic E-state index is 0.0479. The third kappa shape index (κ3) is 3.27. The zero-order chi connectivity index (χ0) is 16.4. The monoisotopic (exact) mass is 322 g/mol. The van der Waals surface area contributed by atoms with E-state index in [0.717, 1.165) is 24.2 Å². The molecule has 126 valence electrons. The summed E-state index contributed by atoms with van der Waals surface area (Å²) in [4.78, 5) is 13.7. The summed E-state index contributed by atoms with van der Waals surface area (Å²) in [6.07, 6.45) is 1.18. The van der Waals surface area contributed by atoms with Gasteiger partial charge in [-0.2, -0.15) is 0 Å². The molecule has 0 bridgehead atoms. The normalized spacial score (nSPS) is 25.3. The van der Waals surface area contributed by atoms with Gasteiger partial charge in [0, 0.05) is 18.4 Å². The molecular weight excluding hydrogens is 299 g/mol. The summed E-state index contributed by atoms with van der Waals surface area (Å²) < 4.78 is 18.7. The van der Waals surface area contributed by atoms with Crippen molar-refractivity contribution in [2.45, 2.75) is 36.9 Å². The van der Waals surface area contributed by atoms with Gasteiger partial charge in [0.25, 0.3) is 0 Å². The number of amides is 2. The van der Waals surface area contributed by atoms with Gasteiger partial charge in [-0.1, -0.05) is 12.1 Å². The van der Waals surface area contributed by atoms with Gasteiger partial charge >= 0.3 is 6.03 Å². The SMILES string of the molecule is COc1cccc(C2(CNC(=O)N3CC(F)CC3CO)CC2)c1. The van der Waals surface area contributed by atoms with Crippen molar-refractivity contribution < 1.29 is 19.0 Å². The third-order valence-corrected chi connectivity index (χ3v) is 4.95. The molecule has 1 aliphatic heterocycles. The fourth-order valence-corrected chi connectivity index (χ4v) is 3.30. The summed E-state index contributed by atoms with van der Waals surface area (Å²) in [6.45, 7) is 0.378. The van der Waals surface area contributed by atoms with Crippen LogP contribution >= 0.6 is 0 Å². The fourth-order valence-electron chi connectivity index (χ4n) is 3.30. The zero-order valence-electron chi connectivity index (χ0n) is 13.3. The minimum Gasteiger partial charge on any atom is -0.497 e. The van der Waals surface area contributed by atoms with Crippen LogP contribution in [0.5, 0.6) is 5.75 Å². The number of hydrogen-bond donors (Lipinski definition) is 2. The van der Waals surface area contributed by atoms with E-state index in [9.17, 15) is 14.3 Å². The van der Waals surface area contributed by atoms with Gasteiger partial charge in [0.1, 0.15) is 11.9 Å². The number of urea groups is 1. The number of hydrogen-bond acceptors (Lipinski definition) is 3. The molecule has 2 fully saturated rings. The first-order chi connectivity index (χ1) is 11.1. The summed E-state index contributed by atoms with van der Waals surface area (Å²) in [5.41, 5.74) is 1.11. The van der Waals surface area contributed by atoms with Gasteiger partial charge in [0.2, 0.25) is 0 Å². The van der Waals surface area contributed by atoms with Crippen molar-refractivity contribution in [2.75, 3.05) is 26.8 Å². The predicted molar refractivity (Wildman–Crippen MR) is 84.4 cm³/mol. The number of halogens is 1. The molecule has 1 aliphatic carbocycles. The molecule has 2 N–H and O–H groups in total. The van der Waals surface area contributed by atoms with E-state index in [0.29, 0.717) is 6.54 Å². The lowest BCUT2D eigenvalue weighted by molar-refractivity contribution is 0.156. The lowest BCUT2D eigenvalue weighted by Crippen LogP contribution is -2.46. The van der Waals surface area contributed by atoms with Crippen LogP contribution in [0.25, 0.3) is 0 Å². The average Bonchev–Trinajstić information content (AvgIpc) is 3.28. The number of alkyl halides is 1. The molecule has 0 aromatic heterocycles. The van der Waals surface area contributed by atoms with Crippen LogP contribution in [-0.2, 0) is 5.41 Å². The Morgan fingerprint density at radius 2 is 2.30 bits per heavy atom. The highest BCUT2D eigenvalue weighted by atomic mass is 19.1. The molecule has 1 heterocycles. The highest BCUT2D eigenvalue weighted by Crippen LogP contribution is 2.48. The minimum atomic E-state index is -1.05. The van der Waals surface area contributed by atoms with Gasteiger partial charge in [0.05, 0.1) is 26.3 Å². The molecule has 2 unspecified atom stereocenters. The third-order valence-electron chi connectivity index (χ3n) is 4.95. The largest absolute Gasteiger partial charge is 0.497 e. The summed E-state index contributed by atoms with van der Waals surface area (Å²) in [5.74, 6) is 0.806. The average molecular weight is 322 g/mol. The maximum Gasteiger partial charge on any atom is 0.317 e. The Bertz CT molecular complexity index is 577. The highest BCUT2D eigenvalue weighted by molar-refractivity contribution is 5.75. The maximum atomic E-state index is 13.5. The predicted octanol–water partition coefficient (Wildman–Crippen LogP) is 1.84. The highest BCUT2D eigenvalue weighted by Gasteiger charge is 2.45. The van der Waals surface area contributed by atoms with E-state index in [1.54, 1.807) is 7.11 Å². The Morgan fingerprint density at radius 1 is 1.52 bits per heavy atom. The quantitative estimate of drug-likeness (QED) is 0.869. The number of rotatable bonds is 5. The number of likely N-dealkylation sites (tertiary alicyclic amines) is 1. The van der Waals surface area contributed by atoms with Crippen molar-refractivity contribution in [3.8, 4) is 5.75 Å². The smallest absolute Gasteiger partial charge is 0.317 e. The molecule has 1 aromatic carbocycles. The number of benzene rings is 1. The second-order valence-corrected chi connectivity index (χ2v) is 6.49. The van der Waals surface area contributed by atoms with Crippen LogP contribution in [0.3, 0.4) is 0 Å². The van der Waals surface area contributed by atoms with E-state index in [1.165, 1.54) is 4.90 Å². The van der Waals surface area contributed by atoms with Crippen LogP contribution < -0.4 is 10.1 Å². The molecule has 1 aromatic rings. The Morgan fingerprint density at radius 3 is 2.96 bits per heavy atom. The lowest BCUT2D eigenvalue weighted by atomic mass is 9.96. The molecule has 3 rings (SSSR count).